The molecule has 6 nitrogen and oxygen atoms in total. The second-order valence-electron chi connectivity index (χ2n) is 3.90. The number of ether oxygens (including phenoxy) is 1. The molecule has 0 bridgehead atoms. The number of esters is 1. The topological polar surface area (TPSA) is 91.0 Å². The summed E-state index contributed by atoms with van der Waals surface area (Å²) in [7, 11) is 0. The second-order valence-corrected chi connectivity index (χ2v) is 3.90. The minimum absolute atomic E-state index is 0.0684. The van der Waals surface area contributed by atoms with Gasteiger partial charge >= 0.3 is 5.97 Å². The molecular formula is C14H12N4O2. The summed E-state index contributed by atoms with van der Waals surface area (Å²) < 4.78 is 5.13. The smallest absolute Gasteiger partial charge is 0.361 e. The summed E-state index contributed by atoms with van der Waals surface area (Å²) in [6.45, 7) is 0.133. The zero-order chi connectivity index (χ0) is 14.4. The van der Waals surface area contributed by atoms with E-state index in [1.165, 1.54) is 0 Å². The molecule has 0 atom stereocenters. The fraction of sp³-hybridized carbons (Fsp3) is 0.143. The largest absolute Gasteiger partial charge is 0.456 e. The van der Waals surface area contributed by atoms with Gasteiger partial charge in [0, 0.05) is 0 Å². The SMILES string of the molecule is C#CCc1nnc(N)c(C(=O)OCc2ccccc2)n1. The van der Waals surface area contributed by atoms with Gasteiger partial charge in [-0.15, -0.1) is 16.6 Å². The molecule has 2 N–H and O–H groups in total. The van der Waals surface area contributed by atoms with E-state index in [1.807, 2.05) is 30.3 Å². The van der Waals surface area contributed by atoms with Crippen LogP contribution < -0.4 is 5.73 Å². The lowest BCUT2D eigenvalue weighted by molar-refractivity contribution is 0.0466. The van der Waals surface area contributed by atoms with E-state index in [0.29, 0.717) is 0 Å². The molecule has 0 spiro atoms. The van der Waals surface area contributed by atoms with Crippen molar-refractivity contribution in [3.8, 4) is 12.3 Å². The molecule has 0 aliphatic heterocycles. The highest BCUT2D eigenvalue weighted by Crippen LogP contribution is 2.09. The van der Waals surface area contributed by atoms with Crippen molar-refractivity contribution in [3.63, 3.8) is 0 Å². The Hall–Kier alpha value is -2.94. The maximum absolute atomic E-state index is 11.9. The molecular weight excluding hydrogens is 256 g/mol. The van der Waals surface area contributed by atoms with Crippen molar-refractivity contribution >= 4 is 11.8 Å². The van der Waals surface area contributed by atoms with Crippen LogP contribution in [0, 0.1) is 12.3 Å². The van der Waals surface area contributed by atoms with Crippen LogP contribution in [-0.2, 0) is 17.8 Å². The molecule has 1 aromatic carbocycles. The van der Waals surface area contributed by atoms with E-state index in [4.69, 9.17) is 16.9 Å². The van der Waals surface area contributed by atoms with Crippen LogP contribution in [0.3, 0.4) is 0 Å². The van der Waals surface area contributed by atoms with Crippen molar-refractivity contribution in [3.05, 3.63) is 47.4 Å². The number of nitrogens with zero attached hydrogens (tertiary/aromatic N) is 3. The molecule has 0 aliphatic carbocycles. The maximum Gasteiger partial charge on any atom is 0.361 e. The lowest BCUT2D eigenvalue weighted by atomic mass is 10.2. The van der Waals surface area contributed by atoms with Gasteiger partial charge in [-0.25, -0.2) is 9.78 Å². The number of nitrogens with two attached hydrogens (primary N) is 1. The molecule has 1 aromatic heterocycles. The molecule has 0 amide bonds. The molecule has 20 heavy (non-hydrogen) atoms. The Balaban J connectivity index is 2.09. The van der Waals surface area contributed by atoms with Crippen LogP contribution in [0.1, 0.15) is 21.9 Å². The van der Waals surface area contributed by atoms with Gasteiger partial charge in [0.2, 0.25) is 0 Å². The summed E-state index contributed by atoms with van der Waals surface area (Å²) >= 11 is 0. The molecule has 0 unspecified atom stereocenters. The predicted octanol–water partition coefficient (Wildman–Crippen LogP) is 0.987. The quantitative estimate of drug-likeness (QED) is 0.656. The highest BCUT2D eigenvalue weighted by molar-refractivity contribution is 5.91. The van der Waals surface area contributed by atoms with E-state index in [0.717, 1.165) is 5.56 Å². The molecule has 0 fully saturated rings. The number of hydrogen-bond acceptors (Lipinski definition) is 6. The third-order valence-electron chi connectivity index (χ3n) is 2.42. The predicted molar refractivity (Wildman–Crippen MR) is 72.3 cm³/mol. The Morgan fingerprint density at radius 1 is 1.30 bits per heavy atom. The Bertz CT molecular complexity index is 650. The number of anilines is 1. The molecule has 100 valence electrons. The molecule has 2 aromatic rings. The van der Waals surface area contributed by atoms with E-state index in [2.05, 4.69) is 21.1 Å². The van der Waals surface area contributed by atoms with E-state index >= 15 is 0 Å². The van der Waals surface area contributed by atoms with Gasteiger partial charge in [-0.1, -0.05) is 36.3 Å². The number of hydrogen-bond donors (Lipinski definition) is 1. The summed E-state index contributed by atoms with van der Waals surface area (Å²) in [6.07, 6.45) is 5.33. The summed E-state index contributed by atoms with van der Waals surface area (Å²) in [6, 6.07) is 9.28. The summed E-state index contributed by atoms with van der Waals surface area (Å²) in [4.78, 5) is 15.9. The fourth-order valence-electron chi connectivity index (χ4n) is 1.48. The lowest BCUT2D eigenvalue weighted by Crippen LogP contribution is -2.15. The van der Waals surface area contributed by atoms with Gasteiger partial charge in [-0.05, 0) is 5.56 Å². The highest BCUT2D eigenvalue weighted by atomic mass is 16.5. The van der Waals surface area contributed by atoms with Gasteiger partial charge in [0.25, 0.3) is 0 Å². The Labute approximate surface area is 116 Å². The maximum atomic E-state index is 11.9. The van der Waals surface area contributed by atoms with Crippen LogP contribution in [0.25, 0.3) is 0 Å². The van der Waals surface area contributed by atoms with Crippen LogP contribution in [0.5, 0.6) is 0 Å². The third kappa shape index (κ3) is 3.29. The zero-order valence-corrected chi connectivity index (χ0v) is 10.6. The number of aromatic nitrogens is 3. The third-order valence-corrected chi connectivity index (χ3v) is 2.42. The first-order valence-corrected chi connectivity index (χ1v) is 5.84. The summed E-state index contributed by atoms with van der Waals surface area (Å²) in [5.41, 5.74) is 6.36. The van der Waals surface area contributed by atoms with Crippen molar-refractivity contribution in [2.45, 2.75) is 13.0 Å². The van der Waals surface area contributed by atoms with Crippen molar-refractivity contribution in [2.75, 3.05) is 5.73 Å². The highest BCUT2D eigenvalue weighted by Gasteiger charge is 2.16. The van der Waals surface area contributed by atoms with Crippen LogP contribution >= 0.6 is 0 Å². The van der Waals surface area contributed by atoms with Gasteiger partial charge in [0.15, 0.2) is 17.3 Å². The number of rotatable bonds is 4. The molecule has 2 rings (SSSR count). The second kappa shape index (κ2) is 6.29. The van der Waals surface area contributed by atoms with Gasteiger partial charge in [0.05, 0.1) is 6.42 Å². The Morgan fingerprint density at radius 2 is 2.05 bits per heavy atom. The van der Waals surface area contributed by atoms with E-state index < -0.39 is 5.97 Å². The molecule has 0 aliphatic rings. The van der Waals surface area contributed by atoms with Gasteiger partial charge in [-0.2, -0.15) is 0 Å². The van der Waals surface area contributed by atoms with Crippen LogP contribution in [0.15, 0.2) is 30.3 Å². The first-order valence-electron chi connectivity index (χ1n) is 5.84. The fourth-order valence-corrected chi connectivity index (χ4v) is 1.48. The number of carbonyl (C=O) groups excluding carboxylic acids is 1. The van der Waals surface area contributed by atoms with Gasteiger partial charge in [0.1, 0.15) is 6.61 Å². The van der Waals surface area contributed by atoms with Crippen molar-refractivity contribution in [1.29, 1.82) is 0 Å². The van der Waals surface area contributed by atoms with Gasteiger partial charge < -0.3 is 10.5 Å². The number of nitrogen functional groups attached to an aromatic ring is 1. The monoisotopic (exact) mass is 268 g/mol. The van der Waals surface area contributed by atoms with E-state index in [1.54, 1.807) is 0 Å². The Morgan fingerprint density at radius 3 is 2.75 bits per heavy atom. The molecule has 0 saturated heterocycles. The van der Waals surface area contributed by atoms with Crippen LogP contribution in [0.4, 0.5) is 5.82 Å². The van der Waals surface area contributed by atoms with Crippen molar-refractivity contribution < 1.29 is 9.53 Å². The van der Waals surface area contributed by atoms with Crippen molar-refractivity contribution in [2.24, 2.45) is 0 Å². The minimum atomic E-state index is -0.653. The molecule has 0 radical (unpaired) electrons. The molecule has 6 heteroatoms. The van der Waals surface area contributed by atoms with Crippen LogP contribution in [-0.4, -0.2) is 21.2 Å². The zero-order valence-electron chi connectivity index (χ0n) is 10.6. The summed E-state index contributed by atoms with van der Waals surface area (Å²) in [5, 5.41) is 7.34. The number of carbonyl (C=O) groups is 1. The van der Waals surface area contributed by atoms with E-state index in [9.17, 15) is 4.79 Å². The summed E-state index contributed by atoms with van der Waals surface area (Å²) in [5.74, 6) is 1.89. The number of terminal acetylenes is 1. The number of benzene rings is 1. The minimum Gasteiger partial charge on any atom is -0.456 e. The normalized spacial score (nSPS) is 9.75. The first kappa shape index (κ1) is 13.5. The molecule has 1 heterocycles. The van der Waals surface area contributed by atoms with Crippen molar-refractivity contribution in [1.82, 2.24) is 15.2 Å². The average molecular weight is 268 g/mol. The average Bonchev–Trinajstić information content (AvgIpc) is 2.48. The van der Waals surface area contributed by atoms with Crippen LogP contribution in [0.2, 0.25) is 0 Å². The first-order chi connectivity index (χ1) is 9.70. The van der Waals surface area contributed by atoms with E-state index in [-0.39, 0.29) is 30.4 Å². The Kier molecular flexibility index (Phi) is 4.24. The van der Waals surface area contributed by atoms with Gasteiger partial charge in [-0.3, -0.25) is 0 Å². The molecule has 0 saturated carbocycles. The standard InChI is InChI=1S/C14H12N4O2/c1-2-6-11-16-12(13(15)18-17-11)14(19)20-9-10-7-4-3-5-8-10/h1,3-5,7-8H,6,9H2,(H2,15,18). The lowest BCUT2D eigenvalue weighted by Gasteiger charge is -2.06.